The summed E-state index contributed by atoms with van der Waals surface area (Å²) in [6.07, 6.45) is 0. The Morgan fingerprint density at radius 2 is 1.74 bits per heavy atom. The molecule has 5 nitrogen and oxygen atoms in total. The molecule has 2 N–H and O–H groups in total. The van der Waals surface area contributed by atoms with Crippen molar-refractivity contribution in [2.24, 2.45) is 11.8 Å². The van der Waals surface area contributed by atoms with E-state index < -0.39 is 0 Å². The van der Waals surface area contributed by atoms with Crippen LogP contribution < -0.4 is 14.8 Å². The smallest absolute Gasteiger partial charge is 0.161 e. The Morgan fingerprint density at radius 3 is 2.56 bits per heavy atom. The second-order valence-electron chi connectivity index (χ2n) is 7.84. The van der Waals surface area contributed by atoms with E-state index in [-0.39, 0.29) is 18.7 Å². The number of likely N-dealkylation sites (tertiary alicyclic amines) is 1. The minimum Gasteiger partial charge on any atom is -0.486 e. The zero-order chi connectivity index (χ0) is 18.2. The summed E-state index contributed by atoms with van der Waals surface area (Å²) >= 11 is 0. The van der Waals surface area contributed by atoms with Gasteiger partial charge in [0.15, 0.2) is 11.5 Å². The molecule has 2 fully saturated rings. The molecule has 0 bridgehead atoms. The number of benzene rings is 2. The van der Waals surface area contributed by atoms with Gasteiger partial charge in [-0.3, -0.25) is 4.90 Å². The molecule has 3 heterocycles. The minimum atomic E-state index is 0.147. The average Bonchev–Trinajstić information content (AvgIpc) is 3.27. The van der Waals surface area contributed by atoms with Gasteiger partial charge in [-0.15, -0.1) is 0 Å². The zero-order valence-corrected chi connectivity index (χ0v) is 15.4. The van der Waals surface area contributed by atoms with Gasteiger partial charge in [-0.2, -0.15) is 0 Å². The van der Waals surface area contributed by atoms with E-state index >= 15 is 0 Å². The first-order valence-electron chi connectivity index (χ1n) is 9.84. The summed E-state index contributed by atoms with van der Waals surface area (Å²) in [7, 11) is 0. The van der Waals surface area contributed by atoms with Crippen LogP contribution in [0.3, 0.4) is 0 Å². The summed E-state index contributed by atoms with van der Waals surface area (Å²) in [5.41, 5.74) is 2.58. The van der Waals surface area contributed by atoms with Gasteiger partial charge in [-0.25, -0.2) is 0 Å². The number of rotatable bonds is 4. The highest BCUT2D eigenvalue weighted by Crippen LogP contribution is 2.44. The number of fused-ring (bicyclic) bond motifs is 2. The second kappa shape index (κ2) is 7.15. The molecule has 2 aromatic carbocycles. The van der Waals surface area contributed by atoms with Gasteiger partial charge < -0.3 is 19.9 Å². The number of ether oxygens (including phenoxy) is 2. The van der Waals surface area contributed by atoms with E-state index in [0.29, 0.717) is 25.0 Å². The van der Waals surface area contributed by atoms with Gasteiger partial charge in [-0.05, 0) is 35.1 Å². The lowest BCUT2D eigenvalue weighted by molar-refractivity contribution is 0.171. The molecular weight excluding hydrogens is 340 g/mol. The molecule has 2 saturated heterocycles. The van der Waals surface area contributed by atoms with Crippen molar-refractivity contribution in [3.63, 3.8) is 0 Å². The lowest BCUT2D eigenvalue weighted by Gasteiger charge is -2.24. The van der Waals surface area contributed by atoms with Crippen LogP contribution in [0.15, 0.2) is 48.5 Å². The van der Waals surface area contributed by atoms with Crippen molar-refractivity contribution < 1.29 is 14.6 Å². The molecule has 0 aromatic heterocycles. The lowest BCUT2D eigenvalue weighted by Crippen LogP contribution is -2.36. The third-order valence-electron chi connectivity index (χ3n) is 6.20. The molecule has 0 saturated carbocycles. The fraction of sp³-hybridized carbons (Fsp3) is 0.455. The van der Waals surface area contributed by atoms with Crippen molar-refractivity contribution in [1.82, 2.24) is 10.2 Å². The first kappa shape index (κ1) is 17.0. The number of nitrogens with zero attached hydrogens (tertiary/aromatic N) is 1. The Kier molecular flexibility index (Phi) is 4.52. The Bertz CT molecular complexity index is 797. The van der Waals surface area contributed by atoms with Crippen LogP contribution in [0, 0.1) is 11.8 Å². The Labute approximate surface area is 159 Å². The van der Waals surface area contributed by atoms with Crippen molar-refractivity contribution in [2.75, 3.05) is 32.9 Å². The summed E-state index contributed by atoms with van der Waals surface area (Å²) in [4.78, 5) is 2.53. The van der Waals surface area contributed by atoms with Gasteiger partial charge in [-0.1, -0.05) is 36.4 Å². The molecule has 3 aliphatic rings. The van der Waals surface area contributed by atoms with Crippen LogP contribution in [0.2, 0.25) is 0 Å². The van der Waals surface area contributed by atoms with Crippen LogP contribution in [0.4, 0.5) is 0 Å². The van der Waals surface area contributed by atoms with Gasteiger partial charge in [0.1, 0.15) is 13.2 Å². The second-order valence-corrected chi connectivity index (χ2v) is 7.84. The predicted octanol–water partition coefficient (Wildman–Crippen LogP) is 2.21. The van der Waals surface area contributed by atoms with Crippen molar-refractivity contribution in [3.05, 3.63) is 59.7 Å². The average molecular weight is 366 g/mol. The molecule has 5 rings (SSSR count). The fourth-order valence-electron chi connectivity index (χ4n) is 4.95. The van der Waals surface area contributed by atoms with Gasteiger partial charge in [0, 0.05) is 31.7 Å². The zero-order valence-electron chi connectivity index (χ0n) is 15.4. The monoisotopic (exact) mass is 366 g/mol. The van der Waals surface area contributed by atoms with E-state index in [1.54, 1.807) is 0 Å². The standard InChI is InChI=1S/C22H26N2O3/c25-14-19-17-12-24(11-15-4-2-1-3-5-15)13-18(17)22(23-19)16-6-7-20-21(10-16)27-9-8-26-20/h1-7,10,17-19,22-23,25H,8-9,11-14H2/t17-,18+,19-,22+/m0/s1. The molecule has 142 valence electrons. The largest absolute Gasteiger partial charge is 0.486 e. The van der Waals surface area contributed by atoms with Crippen LogP contribution in [0.5, 0.6) is 11.5 Å². The number of hydrogen-bond donors (Lipinski definition) is 2. The van der Waals surface area contributed by atoms with Gasteiger partial charge in [0.25, 0.3) is 0 Å². The third-order valence-corrected chi connectivity index (χ3v) is 6.20. The van der Waals surface area contributed by atoms with E-state index in [4.69, 9.17) is 9.47 Å². The summed E-state index contributed by atoms with van der Waals surface area (Å²) < 4.78 is 11.4. The molecule has 0 aliphatic carbocycles. The van der Waals surface area contributed by atoms with E-state index in [1.165, 1.54) is 11.1 Å². The molecule has 5 heteroatoms. The molecule has 0 amide bonds. The third kappa shape index (κ3) is 3.20. The van der Waals surface area contributed by atoms with Crippen molar-refractivity contribution in [2.45, 2.75) is 18.6 Å². The molecule has 2 aromatic rings. The molecule has 0 radical (unpaired) electrons. The summed E-state index contributed by atoms with van der Waals surface area (Å²) in [5, 5.41) is 13.6. The maximum absolute atomic E-state index is 9.92. The van der Waals surface area contributed by atoms with Gasteiger partial charge in [0.05, 0.1) is 6.61 Å². The number of nitrogens with one attached hydrogen (secondary N) is 1. The molecule has 27 heavy (non-hydrogen) atoms. The predicted molar refractivity (Wildman–Crippen MR) is 103 cm³/mol. The fourth-order valence-corrected chi connectivity index (χ4v) is 4.95. The quantitative estimate of drug-likeness (QED) is 0.869. The van der Waals surface area contributed by atoms with Gasteiger partial charge >= 0.3 is 0 Å². The topological polar surface area (TPSA) is 54.0 Å². The Morgan fingerprint density at radius 1 is 0.963 bits per heavy atom. The lowest BCUT2D eigenvalue weighted by atomic mass is 9.87. The number of aliphatic hydroxyl groups excluding tert-OH is 1. The van der Waals surface area contributed by atoms with Crippen LogP contribution >= 0.6 is 0 Å². The highest BCUT2D eigenvalue weighted by atomic mass is 16.6. The highest BCUT2D eigenvalue weighted by molar-refractivity contribution is 5.45. The first-order valence-corrected chi connectivity index (χ1v) is 9.84. The van der Waals surface area contributed by atoms with E-state index in [1.807, 2.05) is 6.07 Å². The molecule has 4 atom stereocenters. The van der Waals surface area contributed by atoms with Crippen molar-refractivity contribution >= 4 is 0 Å². The van der Waals surface area contributed by atoms with E-state index in [2.05, 4.69) is 52.7 Å². The van der Waals surface area contributed by atoms with Crippen LogP contribution in [0.1, 0.15) is 17.2 Å². The summed E-state index contributed by atoms with van der Waals surface area (Å²) in [5.74, 6) is 2.63. The van der Waals surface area contributed by atoms with Crippen molar-refractivity contribution in [1.29, 1.82) is 0 Å². The number of hydrogen-bond acceptors (Lipinski definition) is 5. The normalized spacial score (nSPS) is 29.7. The summed E-state index contributed by atoms with van der Waals surface area (Å²) in [6, 6.07) is 17.3. The van der Waals surface area contributed by atoms with Crippen LogP contribution in [0.25, 0.3) is 0 Å². The van der Waals surface area contributed by atoms with E-state index in [9.17, 15) is 5.11 Å². The van der Waals surface area contributed by atoms with Crippen LogP contribution in [-0.2, 0) is 6.54 Å². The number of aliphatic hydroxyl groups is 1. The Hall–Kier alpha value is -2.08. The molecular formula is C22H26N2O3. The van der Waals surface area contributed by atoms with Gasteiger partial charge in [0.2, 0.25) is 0 Å². The summed E-state index contributed by atoms with van der Waals surface area (Å²) in [6.45, 7) is 4.44. The minimum absolute atomic E-state index is 0.147. The molecule has 3 aliphatic heterocycles. The maximum Gasteiger partial charge on any atom is 0.161 e. The van der Waals surface area contributed by atoms with Crippen LogP contribution in [-0.4, -0.2) is 49.0 Å². The Balaban J connectivity index is 1.37. The first-order chi connectivity index (χ1) is 13.3. The molecule has 0 unspecified atom stereocenters. The van der Waals surface area contributed by atoms with Crippen molar-refractivity contribution in [3.8, 4) is 11.5 Å². The maximum atomic E-state index is 9.92. The molecule has 0 spiro atoms. The highest BCUT2D eigenvalue weighted by Gasteiger charge is 2.48. The SMILES string of the molecule is OC[C@@H]1N[C@H](c2ccc3c(c2)OCCO3)[C@@H]2CN(Cc3ccccc3)C[C@@H]21. The van der Waals surface area contributed by atoms with E-state index in [0.717, 1.165) is 31.1 Å².